The van der Waals surface area contributed by atoms with E-state index in [1.165, 1.54) is 0 Å². The van der Waals surface area contributed by atoms with E-state index in [9.17, 15) is 22.8 Å². The summed E-state index contributed by atoms with van der Waals surface area (Å²) in [7, 11) is 0. The normalized spacial score (nSPS) is 17.0. The summed E-state index contributed by atoms with van der Waals surface area (Å²) in [5.41, 5.74) is 0. The molecule has 0 spiro atoms. The molecule has 0 atom stereocenters. The molecule has 0 bridgehead atoms. The van der Waals surface area contributed by atoms with Gasteiger partial charge in [0.15, 0.2) is 0 Å². The highest BCUT2D eigenvalue weighted by Gasteiger charge is 2.27. The van der Waals surface area contributed by atoms with E-state index in [1.54, 1.807) is 5.32 Å². The lowest BCUT2D eigenvalue weighted by Gasteiger charge is -2.26. The van der Waals surface area contributed by atoms with Crippen molar-refractivity contribution in [2.24, 2.45) is 0 Å². The summed E-state index contributed by atoms with van der Waals surface area (Å²) in [5.74, 6) is -0.585. The molecule has 3 amide bonds. The van der Waals surface area contributed by atoms with Crippen LogP contribution in [0.4, 0.5) is 18.0 Å². The summed E-state index contributed by atoms with van der Waals surface area (Å²) >= 11 is 0. The third-order valence-corrected chi connectivity index (χ3v) is 2.57. The molecule has 1 rings (SSSR count). The van der Waals surface area contributed by atoms with Crippen molar-refractivity contribution in [1.82, 2.24) is 20.9 Å². The standard InChI is InChI=1S/C10H17F3N4O2/c11-10(12,13)7-15-9(19)16-8(18)1-4-17-5-2-14-3-6-17/h14H,1-7H2,(H2,15,16,18,19). The Bertz CT molecular complexity index is 316. The molecule has 0 aromatic rings. The van der Waals surface area contributed by atoms with E-state index in [4.69, 9.17) is 0 Å². The minimum Gasteiger partial charge on any atom is -0.329 e. The predicted molar refractivity (Wildman–Crippen MR) is 61.5 cm³/mol. The van der Waals surface area contributed by atoms with Crippen molar-refractivity contribution < 1.29 is 22.8 Å². The van der Waals surface area contributed by atoms with Crippen LogP contribution in [0, 0.1) is 0 Å². The third-order valence-electron chi connectivity index (χ3n) is 2.57. The topological polar surface area (TPSA) is 73.5 Å². The average molecular weight is 282 g/mol. The van der Waals surface area contributed by atoms with E-state index in [2.05, 4.69) is 5.32 Å². The van der Waals surface area contributed by atoms with Gasteiger partial charge in [0.1, 0.15) is 6.54 Å². The first-order chi connectivity index (χ1) is 8.87. The lowest BCUT2D eigenvalue weighted by atomic mass is 10.3. The van der Waals surface area contributed by atoms with Gasteiger partial charge in [-0.15, -0.1) is 0 Å². The second-order valence-corrected chi connectivity index (χ2v) is 4.19. The summed E-state index contributed by atoms with van der Waals surface area (Å²) in [6.45, 7) is 2.34. The number of hydrogen-bond donors (Lipinski definition) is 3. The van der Waals surface area contributed by atoms with Crippen LogP contribution in [-0.2, 0) is 4.79 Å². The second-order valence-electron chi connectivity index (χ2n) is 4.19. The van der Waals surface area contributed by atoms with Gasteiger partial charge in [-0.3, -0.25) is 10.1 Å². The van der Waals surface area contributed by atoms with Crippen molar-refractivity contribution in [3.05, 3.63) is 0 Å². The van der Waals surface area contributed by atoms with E-state index in [0.717, 1.165) is 26.2 Å². The van der Waals surface area contributed by atoms with Crippen LogP contribution < -0.4 is 16.0 Å². The van der Waals surface area contributed by atoms with Gasteiger partial charge >= 0.3 is 12.2 Å². The molecule has 0 saturated carbocycles. The number of carbonyl (C=O) groups excluding carboxylic acids is 2. The van der Waals surface area contributed by atoms with Gasteiger partial charge in [0, 0.05) is 39.1 Å². The van der Waals surface area contributed by atoms with Crippen LogP contribution in [0.1, 0.15) is 6.42 Å². The van der Waals surface area contributed by atoms with E-state index >= 15 is 0 Å². The Morgan fingerprint density at radius 1 is 1.21 bits per heavy atom. The van der Waals surface area contributed by atoms with Gasteiger partial charge in [-0.1, -0.05) is 0 Å². The molecular weight excluding hydrogens is 265 g/mol. The van der Waals surface area contributed by atoms with E-state index in [1.807, 2.05) is 10.2 Å². The third kappa shape index (κ3) is 7.62. The van der Waals surface area contributed by atoms with Gasteiger partial charge in [0.25, 0.3) is 0 Å². The van der Waals surface area contributed by atoms with E-state index < -0.39 is 24.7 Å². The Labute approximate surface area is 108 Å². The van der Waals surface area contributed by atoms with Gasteiger partial charge in [-0.05, 0) is 0 Å². The largest absolute Gasteiger partial charge is 0.405 e. The molecule has 1 aliphatic heterocycles. The number of hydrogen-bond acceptors (Lipinski definition) is 4. The predicted octanol–water partition coefficient (Wildman–Crippen LogP) is -0.330. The van der Waals surface area contributed by atoms with Gasteiger partial charge in [0.2, 0.25) is 5.91 Å². The Morgan fingerprint density at radius 2 is 1.84 bits per heavy atom. The highest BCUT2D eigenvalue weighted by molar-refractivity contribution is 5.94. The monoisotopic (exact) mass is 282 g/mol. The van der Waals surface area contributed by atoms with E-state index in [0.29, 0.717) is 6.54 Å². The van der Waals surface area contributed by atoms with Crippen LogP contribution in [0.5, 0.6) is 0 Å². The zero-order valence-corrected chi connectivity index (χ0v) is 10.3. The SMILES string of the molecule is O=C(CCN1CCNCC1)NC(=O)NCC(F)(F)F. The number of alkyl halides is 3. The fourth-order valence-corrected chi connectivity index (χ4v) is 1.61. The van der Waals surface area contributed by atoms with E-state index in [-0.39, 0.29) is 6.42 Å². The Morgan fingerprint density at radius 3 is 2.42 bits per heavy atom. The fraction of sp³-hybridized carbons (Fsp3) is 0.800. The molecule has 0 aliphatic carbocycles. The minimum absolute atomic E-state index is 0.0828. The summed E-state index contributed by atoms with van der Waals surface area (Å²) < 4.78 is 35.4. The summed E-state index contributed by atoms with van der Waals surface area (Å²) in [6, 6.07) is -1.12. The number of nitrogens with one attached hydrogen (secondary N) is 3. The average Bonchev–Trinajstić information content (AvgIpc) is 2.34. The fourth-order valence-electron chi connectivity index (χ4n) is 1.61. The first kappa shape index (κ1) is 15.7. The molecule has 1 aliphatic rings. The molecule has 3 N–H and O–H groups in total. The number of amides is 3. The molecule has 0 aromatic heterocycles. The van der Waals surface area contributed by atoms with Crippen molar-refractivity contribution in [2.45, 2.75) is 12.6 Å². The maximum Gasteiger partial charge on any atom is 0.405 e. The first-order valence-electron chi connectivity index (χ1n) is 5.94. The van der Waals surface area contributed by atoms with Crippen molar-refractivity contribution in [2.75, 3.05) is 39.3 Å². The number of carbonyl (C=O) groups is 2. The minimum atomic E-state index is -4.48. The molecule has 9 heteroatoms. The summed E-state index contributed by atoms with van der Waals surface area (Å²) in [5, 5.41) is 6.59. The van der Waals surface area contributed by atoms with Crippen molar-refractivity contribution >= 4 is 11.9 Å². The molecule has 0 radical (unpaired) electrons. The molecule has 0 unspecified atom stereocenters. The molecule has 19 heavy (non-hydrogen) atoms. The number of piperazine rings is 1. The molecule has 1 saturated heterocycles. The van der Waals surface area contributed by atoms with Crippen LogP contribution in [0.25, 0.3) is 0 Å². The van der Waals surface area contributed by atoms with Crippen molar-refractivity contribution in [3.63, 3.8) is 0 Å². The van der Waals surface area contributed by atoms with Gasteiger partial charge in [0.05, 0.1) is 0 Å². The number of imide groups is 1. The molecule has 110 valence electrons. The van der Waals surface area contributed by atoms with Crippen LogP contribution in [-0.4, -0.2) is 62.3 Å². The molecule has 1 fully saturated rings. The molecule has 6 nitrogen and oxygen atoms in total. The smallest absolute Gasteiger partial charge is 0.329 e. The molecular formula is C10H17F3N4O2. The van der Waals surface area contributed by atoms with Crippen LogP contribution >= 0.6 is 0 Å². The summed E-state index contributed by atoms with van der Waals surface area (Å²) in [4.78, 5) is 24.4. The lowest BCUT2D eigenvalue weighted by molar-refractivity contribution is -0.124. The highest BCUT2D eigenvalue weighted by Crippen LogP contribution is 2.11. The van der Waals surface area contributed by atoms with Gasteiger partial charge < -0.3 is 15.5 Å². The highest BCUT2D eigenvalue weighted by atomic mass is 19.4. The Hall–Kier alpha value is -1.35. The number of rotatable bonds is 4. The first-order valence-corrected chi connectivity index (χ1v) is 5.94. The molecule has 1 heterocycles. The van der Waals surface area contributed by atoms with Crippen LogP contribution in [0.3, 0.4) is 0 Å². The maximum atomic E-state index is 11.8. The number of halogens is 3. The Balaban J connectivity index is 2.14. The van der Waals surface area contributed by atoms with Crippen molar-refractivity contribution in [1.29, 1.82) is 0 Å². The van der Waals surface area contributed by atoms with Crippen LogP contribution in [0.15, 0.2) is 0 Å². The molecule has 0 aromatic carbocycles. The second kappa shape index (κ2) is 7.29. The number of urea groups is 1. The zero-order valence-electron chi connectivity index (χ0n) is 10.3. The maximum absolute atomic E-state index is 11.8. The zero-order chi connectivity index (χ0) is 14.3. The van der Waals surface area contributed by atoms with Gasteiger partial charge in [-0.2, -0.15) is 13.2 Å². The number of nitrogens with zero attached hydrogens (tertiary/aromatic N) is 1. The quantitative estimate of drug-likeness (QED) is 0.660. The van der Waals surface area contributed by atoms with Crippen molar-refractivity contribution in [3.8, 4) is 0 Å². The van der Waals surface area contributed by atoms with Gasteiger partial charge in [-0.25, -0.2) is 4.79 Å². The summed E-state index contributed by atoms with van der Waals surface area (Å²) in [6.07, 6.45) is -4.40. The lowest BCUT2D eigenvalue weighted by Crippen LogP contribution is -2.46. The van der Waals surface area contributed by atoms with Crippen LogP contribution in [0.2, 0.25) is 0 Å². The Kier molecular flexibility index (Phi) is 6.03.